The van der Waals surface area contributed by atoms with E-state index in [1.54, 1.807) is 7.05 Å². The summed E-state index contributed by atoms with van der Waals surface area (Å²) in [7, 11) is 1.67. The van der Waals surface area contributed by atoms with Gasteiger partial charge in [-0.05, 0) is 25.2 Å². The molecular weight excluding hydrogens is 216 g/mol. The Balaban J connectivity index is 1.95. The summed E-state index contributed by atoms with van der Waals surface area (Å²) >= 11 is 0. The van der Waals surface area contributed by atoms with Crippen LogP contribution in [0.25, 0.3) is 0 Å². The fourth-order valence-corrected chi connectivity index (χ4v) is 3.36. The van der Waals surface area contributed by atoms with Crippen LogP contribution in [0.2, 0.25) is 0 Å². The molecule has 1 saturated carbocycles. The zero-order chi connectivity index (χ0) is 12.3. The minimum absolute atomic E-state index is 0.0555. The van der Waals surface area contributed by atoms with Crippen molar-refractivity contribution in [3.05, 3.63) is 0 Å². The van der Waals surface area contributed by atoms with Crippen LogP contribution >= 0.6 is 0 Å². The molecule has 2 N–H and O–H groups in total. The summed E-state index contributed by atoms with van der Waals surface area (Å²) in [5, 5.41) is 12.5. The number of aliphatic hydroxyl groups is 1. The average molecular weight is 240 g/mol. The number of amides is 1. The van der Waals surface area contributed by atoms with Crippen molar-refractivity contribution >= 4 is 5.91 Å². The number of likely N-dealkylation sites (tertiary alicyclic amines) is 1. The molecule has 0 bridgehead atoms. The van der Waals surface area contributed by atoms with Gasteiger partial charge in [0.2, 0.25) is 5.91 Å². The second-order valence-electron chi connectivity index (χ2n) is 5.46. The van der Waals surface area contributed by atoms with Crippen LogP contribution in [0.1, 0.15) is 38.5 Å². The van der Waals surface area contributed by atoms with E-state index >= 15 is 0 Å². The molecule has 1 aliphatic carbocycles. The molecule has 0 aromatic rings. The lowest BCUT2D eigenvalue weighted by Crippen LogP contribution is -2.42. The third kappa shape index (κ3) is 3.19. The quantitative estimate of drug-likeness (QED) is 0.765. The zero-order valence-corrected chi connectivity index (χ0v) is 10.7. The highest BCUT2D eigenvalue weighted by Gasteiger charge is 2.37. The van der Waals surface area contributed by atoms with Crippen LogP contribution in [0.15, 0.2) is 0 Å². The molecule has 1 saturated heterocycles. The van der Waals surface area contributed by atoms with Gasteiger partial charge in [0, 0.05) is 19.6 Å². The first-order valence-electron chi connectivity index (χ1n) is 6.83. The summed E-state index contributed by atoms with van der Waals surface area (Å²) in [6, 6.07) is 0.419. The molecule has 2 fully saturated rings. The van der Waals surface area contributed by atoms with Crippen molar-refractivity contribution < 1.29 is 9.90 Å². The van der Waals surface area contributed by atoms with Crippen LogP contribution in [0.3, 0.4) is 0 Å². The van der Waals surface area contributed by atoms with Gasteiger partial charge in [-0.15, -0.1) is 0 Å². The molecule has 2 aliphatic rings. The second kappa shape index (κ2) is 5.83. The van der Waals surface area contributed by atoms with Crippen molar-refractivity contribution in [2.24, 2.45) is 5.92 Å². The molecule has 1 aliphatic heterocycles. The molecular formula is C13H24N2O2. The number of aliphatic hydroxyl groups excluding tert-OH is 1. The van der Waals surface area contributed by atoms with Crippen molar-refractivity contribution in [3.8, 4) is 0 Å². The standard InChI is InChI=1S/C13H24N2O2/c1-14-13(17)9-15-8-11(16)7-12(15)10-5-3-2-4-6-10/h10-12,16H,2-9H2,1H3,(H,14,17). The number of hydrogen-bond acceptors (Lipinski definition) is 3. The normalized spacial score (nSPS) is 31.6. The third-order valence-electron chi connectivity index (χ3n) is 4.25. The van der Waals surface area contributed by atoms with Gasteiger partial charge in [0.05, 0.1) is 12.6 Å². The van der Waals surface area contributed by atoms with Gasteiger partial charge < -0.3 is 10.4 Å². The largest absolute Gasteiger partial charge is 0.392 e. The maximum absolute atomic E-state index is 11.5. The molecule has 2 rings (SSSR count). The Hall–Kier alpha value is -0.610. The van der Waals surface area contributed by atoms with E-state index in [0.717, 1.165) is 6.42 Å². The highest BCUT2D eigenvalue weighted by molar-refractivity contribution is 5.77. The van der Waals surface area contributed by atoms with E-state index < -0.39 is 0 Å². The molecule has 1 amide bonds. The van der Waals surface area contributed by atoms with Gasteiger partial charge in [0.25, 0.3) is 0 Å². The zero-order valence-electron chi connectivity index (χ0n) is 10.7. The molecule has 4 heteroatoms. The maximum atomic E-state index is 11.5. The Morgan fingerprint density at radius 3 is 2.71 bits per heavy atom. The Morgan fingerprint density at radius 1 is 1.35 bits per heavy atom. The summed E-state index contributed by atoms with van der Waals surface area (Å²) in [5.41, 5.74) is 0. The fraction of sp³-hybridized carbons (Fsp3) is 0.923. The molecule has 4 nitrogen and oxygen atoms in total. The van der Waals surface area contributed by atoms with Crippen LogP contribution in [-0.4, -0.2) is 48.2 Å². The van der Waals surface area contributed by atoms with Crippen molar-refractivity contribution in [2.75, 3.05) is 20.1 Å². The number of β-amino-alcohol motifs (C(OH)–C–C–N with tert-alkyl or cyclic N) is 1. The number of rotatable bonds is 3. The van der Waals surface area contributed by atoms with E-state index in [0.29, 0.717) is 25.0 Å². The van der Waals surface area contributed by atoms with E-state index in [1.165, 1.54) is 32.1 Å². The highest BCUT2D eigenvalue weighted by atomic mass is 16.3. The second-order valence-corrected chi connectivity index (χ2v) is 5.46. The lowest BCUT2D eigenvalue weighted by atomic mass is 9.83. The van der Waals surface area contributed by atoms with Gasteiger partial charge in [-0.25, -0.2) is 0 Å². The summed E-state index contributed by atoms with van der Waals surface area (Å²) < 4.78 is 0. The lowest BCUT2D eigenvalue weighted by Gasteiger charge is -2.33. The van der Waals surface area contributed by atoms with E-state index in [1.807, 2.05) is 0 Å². The minimum Gasteiger partial charge on any atom is -0.392 e. The molecule has 2 unspecified atom stereocenters. The number of nitrogens with zero attached hydrogens (tertiary/aromatic N) is 1. The smallest absolute Gasteiger partial charge is 0.233 e. The maximum Gasteiger partial charge on any atom is 0.233 e. The number of carbonyl (C=O) groups excluding carboxylic acids is 1. The fourth-order valence-electron chi connectivity index (χ4n) is 3.36. The first-order valence-corrected chi connectivity index (χ1v) is 6.83. The molecule has 0 radical (unpaired) electrons. The third-order valence-corrected chi connectivity index (χ3v) is 4.25. The van der Waals surface area contributed by atoms with Crippen molar-refractivity contribution in [2.45, 2.75) is 50.7 Å². The minimum atomic E-state index is -0.244. The molecule has 0 aromatic heterocycles. The van der Waals surface area contributed by atoms with Crippen LogP contribution in [-0.2, 0) is 4.79 Å². The lowest BCUT2D eigenvalue weighted by molar-refractivity contribution is -0.122. The summed E-state index contributed by atoms with van der Waals surface area (Å²) in [6.07, 6.45) is 7.11. The monoisotopic (exact) mass is 240 g/mol. The molecule has 0 aromatic carbocycles. The Bertz CT molecular complexity index is 264. The summed E-state index contributed by atoms with van der Waals surface area (Å²) in [4.78, 5) is 13.6. The van der Waals surface area contributed by atoms with Gasteiger partial charge in [-0.2, -0.15) is 0 Å². The Kier molecular flexibility index (Phi) is 4.40. The van der Waals surface area contributed by atoms with Crippen molar-refractivity contribution in [3.63, 3.8) is 0 Å². The molecule has 0 spiro atoms. The molecule has 98 valence electrons. The Labute approximate surface area is 103 Å². The highest BCUT2D eigenvalue weighted by Crippen LogP contribution is 2.34. The summed E-state index contributed by atoms with van der Waals surface area (Å²) in [6.45, 7) is 1.10. The van der Waals surface area contributed by atoms with Gasteiger partial charge >= 0.3 is 0 Å². The van der Waals surface area contributed by atoms with E-state index in [9.17, 15) is 9.90 Å². The first kappa shape index (κ1) is 12.8. The first-order chi connectivity index (χ1) is 8.20. The van der Waals surface area contributed by atoms with Crippen LogP contribution in [0, 0.1) is 5.92 Å². The Morgan fingerprint density at radius 2 is 2.06 bits per heavy atom. The topological polar surface area (TPSA) is 52.6 Å². The molecule has 2 atom stereocenters. The van der Waals surface area contributed by atoms with Gasteiger partial charge in [-0.3, -0.25) is 9.69 Å². The van der Waals surface area contributed by atoms with E-state index in [-0.39, 0.29) is 12.0 Å². The molecule has 17 heavy (non-hydrogen) atoms. The van der Waals surface area contributed by atoms with Crippen LogP contribution in [0.5, 0.6) is 0 Å². The van der Waals surface area contributed by atoms with E-state index in [4.69, 9.17) is 0 Å². The average Bonchev–Trinajstić information content (AvgIpc) is 2.71. The number of likely N-dealkylation sites (N-methyl/N-ethyl adjacent to an activating group) is 1. The van der Waals surface area contributed by atoms with Gasteiger partial charge in [-0.1, -0.05) is 19.3 Å². The number of nitrogens with one attached hydrogen (secondary N) is 1. The summed E-state index contributed by atoms with van der Waals surface area (Å²) in [5.74, 6) is 0.741. The van der Waals surface area contributed by atoms with Crippen molar-refractivity contribution in [1.82, 2.24) is 10.2 Å². The SMILES string of the molecule is CNC(=O)CN1CC(O)CC1C1CCCCC1. The van der Waals surface area contributed by atoms with E-state index in [2.05, 4.69) is 10.2 Å². The number of hydrogen-bond donors (Lipinski definition) is 2. The van der Waals surface area contributed by atoms with Crippen LogP contribution in [0.4, 0.5) is 0 Å². The van der Waals surface area contributed by atoms with Crippen molar-refractivity contribution in [1.29, 1.82) is 0 Å². The predicted molar refractivity (Wildman–Crippen MR) is 66.6 cm³/mol. The van der Waals surface area contributed by atoms with Gasteiger partial charge in [0.15, 0.2) is 0 Å². The number of carbonyl (C=O) groups is 1. The molecule has 1 heterocycles. The van der Waals surface area contributed by atoms with Gasteiger partial charge in [0.1, 0.15) is 0 Å². The van der Waals surface area contributed by atoms with Crippen LogP contribution < -0.4 is 5.32 Å². The predicted octanol–water partition coefficient (Wildman–Crippen LogP) is 0.748.